The number of nitrogens with zero attached hydrogens (tertiary/aromatic N) is 2. The molecule has 0 spiro atoms. The molecule has 0 saturated heterocycles. The first kappa shape index (κ1) is 12.9. The summed E-state index contributed by atoms with van der Waals surface area (Å²) in [6, 6.07) is 6.12. The van der Waals surface area contributed by atoms with Gasteiger partial charge in [-0.1, -0.05) is 6.07 Å². The molecular formula is C13H12FN3O2. The van der Waals surface area contributed by atoms with Crippen molar-refractivity contribution < 1.29 is 13.9 Å². The van der Waals surface area contributed by atoms with Gasteiger partial charge in [0.1, 0.15) is 5.82 Å². The lowest BCUT2D eigenvalue weighted by Gasteiger charge is -2.06. The van der Waals surface area contributed by atoms with Crippen molar-refractivity contribution in [2.24, 2.45) is 0 Å². The number of halogens is 1. The van der Waals surface area contributed by atoms with Crippen molar-refractivity contribution >= 4 is 17.6 Å². The number of hydrogen-bond donors (Lipinski definition) is 1. The maximum absolute atomic E-state index is 13.4. The Hall–Kier alpha value is -2.50. The SMILES string of the molecule is COC(=O)c1ccnc(Nc2ccc(C)c(F)c2)n1. The van der Waals surface area contributed by atoms with Gasteiger partial charge in [-0.2, -0.15) is 0 Å². The van der Waals surface area contributed by atoms with Crippen molar-refractivity contribution in [1.82, 2.24) is 9.97 Å². The quantitative estimate of drug-likeness (QED) is 0.860. The summed E-state index contributed by atoms with van der Waals surface area (Å²) in [5, 5.41) is 2.82. The first-order valence-corrected chi connectivity index (χ1v) is 5.54. The fourth-order valence-corrected chi connectivity index (χ4v) is 1.44. The molecule has 1 aromatic heterocycles. The van der Waals surface area contributed by atoms with Crippen LogP contribution in [0.25, 0.3) is 0 Å². The molecule has 2 rings (SSSR count). The van der Waals surface area contributed by atoms with E-state index in [1.54, 1.807) is 19.1 Å². The van der Waals surface area contributed by atoms with Crippen LogP contribution in [0.5, 0.6) is 0 Å². The zero-order chi connectivity index (χ0) is 13.8. The van der Waals surface area contributed by atoms with Crippen LogP contribution in [-0.2, 0) is 4.74 Å². The zero-order valence-electron chi connectivity index (χ0n) is 10.5. The second-order valence-corrected chi connectivity index (χ2v) is 3.85. The summed E-state index contributed by atoms with van der Waals surface area (Å²) in [5.41, 5.74) is 1.19. The lowest BCUT2D eigenvalue weighted by molar-refractivity contribution is 0.0594. The highest BCUT2D eigenvalue weighted by atomic mass is 19.1. The van der Waals surface area contributed by atoms with Crippen molar-refractivity contribution in [1.29, 1.82) is 0 Å². The molecule has 1 aromatic carbocycles. The molecule has 0 atom stereocenters. The second-order valence-electron chi connectivity index (χ2n) is 3.85. The van der Waals surface area contributed by atoms with Gasteiger partial charge in [0, 0.05) is 11.9 Å². The molecule has 1 heterocycles. The van der Waals surface area contributed by atoms with Crippen LogP contribution in [0.15, 0.2) is 30.5 Å². The minimum Gasteiger partial charge on any atom is -0.464 e. The van der Waals surface area contributed by atoms with E-state index in [2.05, 4.69) is 20.0 Å². The molecule has 0 aliphatic heterocycles. The van der Waals surface area contributed by atoms with E-state index in [1.807, 2.05) is 0 Å². The fourth-order valence-electron chi connectivity index (χ4n) is 1.44. The van der Waals surface area contributed by atoms with Gasteiger partial charge in [0.25, 0.3) is 0 Å². The third kappa shape index (κ3) is 3.04. The van der Waals surface area contributed by atoms with Gasteiger partial charge in [-0.15, -0.1) is 0 Å². The van der Waals surface area contributed by atoms with Crippen LogP contribution in [0, 0.1) is 12.7 Å². The van der Waals surface area contributed by atoms with Gasteiger partial charge < -0.3 is 10.1 Å². The Morgan fingerprint density at radius 3 is 2.84 bits per heavy atom. The first-order chi connectivity index (χ1) is 9.10. The van der Waals surface area contributed by atoms with Gasteiger partial charge in [0.2, 0.25) is 5.95 Å². The fraction of sp³-hybridized carbons (Fsp3) is 0.154. The molecule has 0 saturated carbocycles. The zero-order valence-corrected chi connectivity index (χ0v) is 10.5. The van der Waals surface area contributed by atoms with E-state index in [0.29, 0.717) is 11.3 Å². The Morgan fingerprint density at radius 1 is 1.37 bits per heavy atom. The topological polar surface area (TPSA) is 64.1 Å². The Kier molecular flexibility index (Phi) is 3.70. The normalized spacial score (nSPS) is 10.1. The van der Waals surface area contributed by atoms with E-state index in [-0.39, 0.29) is 17.5 Å². The Balaban J connectivity index is 2.23. The van der Waals surface area contributed by atoms with Crippen molar-refractivity contribution in [3.05, 3.63) is 47.5 Å². The highest BCUT2D eigenvalue weighted by molar-refractivity contribution is 5.87. The lowest BCUT2D eigenvalue weighted by atomic mass is 10.2. The van der Waals surface area contributed by atoms with Crippen LogP contribution < -0.4 is 5.32 Å². The summed E-state index contributed by atoms with van der Waals surface area (Å²) in [4.78, 5) is 19.2. The number of carbonyl (C=O) groups excluding carboxylic acids is 1. The first-order valence-electron chi connectivity index (χ1n) is 5.54. The van der Waals surface area contributed by atoms with Crippen molar-refractivity contribution in [3.8, 4) is 0 Å². The molecule has 6 heteroatoms. The van der Waals surface area contributed by atoms with E-state index in [9.17, 15) is 9.18 Å². The Morgan fingerprint density at radius 2 is 2.16 bits per heavy atom. The maximum Gasteiger partial charge on any atom is 0.356 e. The predicted molar refractivity (Wildman–Crippen MR) is 67.8 cm³/mol. The number of hydrogen-bond acceptors (Lipinski definition) is 5. The Bertz CT molecular complexity index is 617. The molecule has 0 bridgehead atoms. The number of carbonyl (C=O) groups is 1. The number of benzene rings is 1. The van der Waals surface area contributed by atoms with Crippen LogP contribution in [0.3, 0.4) is 0 Å². The number of methoxy groups -OCH3 is 1. The molecule has 0 aliphatic carbocycles. The predicted octanol–water partition coefficient (Wildman–Crippen LogP) is 2.45. The van der Waals surface area contributed by atoms with Crippen LogP contribution in [0.2, 0.25) is 0 Å². The second kappa shape index (κ2) is 5.43. The number of aryl methyl sites for hydroxylation is 1. The monoisotopic (exact) mass is 261 g/mol. The number of nitrogens with one attached hydrogen (secondary N) is 1. The average molecular weight is 261 g/mol. The average Bonchev–Trinajstić information content (AvgIpc) is 2.42. The number of rotatable bonds is 3. The molecule has 0 fully saturated rings. The maximum atomic E-state index is 13.4. The molecule has 0 aliphatic rings. The molecule has 0 unspecified atom stereocenters. The Labute approximate surface area is 109 Å². The number of ether oxygens (including phenoxy) is 1. The lowest BCUT2D eigenvalue weighted by Crippen LogP contribution is -2.07. The molecule has 0 amide bonds. The van der Waals surface area contributed by atoms with Gasteiger partial charge in [-0.25, -0.2) is 19.2 Å². The molecule has 2 aromatic rings. The van der Waals surface area contributed by atoms with E-state index in [4.69, 9.17) is 0 Å². The van der Waals surface area contributed by atoms with Gasteiger partial charge in [-0.3, -0.25) is 0 Å². The molecular weight excluding hydrogens is 249 g/mol. The molecule has 5 nitrogen and oxygen atoms in total. The van der Waals surface area contributed by atoms with Gasteiger partial charge in [0.05, 0.1) is 7.11 Å². The third-order valence-corrected chi connectivity index (χ3v) is 2.48. The largest absolute Gasteiger partial charge is 0.464 e. The summed E-state index contributed by atoms with van der Waals surface area (Å²) >= 11 is 0. The highest BCUT2D eigenvalue weighted by Crippen LogP contribution is 2.16. The summed E-state index contributed by atoms with van der Waals surface area (Å²) in [6.07, 6.45) is 1.42. The third-order valence-electron chi connectivity index (χ3n) is 2.48. The number of anilines is 2. The molecule has 0 radical (unpaired) electrons. The smallest absolute Gasteiger partial charge is 0.356 e. The van der Waals surface area contributed by atoms with Crippen molar-refractivity contribution in [3.63, 3.8) is 0 Å². The number of aromatic nitrogens is 2. The van der Waals surface area contributed by atoms with Crippen LogP contribution >= 0.6 is 0 Å². The molecule has 98 valence electrons. The standard InChI is InChI=1S/C13H12FN3O2/c1-8-3-4-9(7-10(8)14)16-13-15-6-5-11(17-13)12(18)19-2/h3-7H,1-2H3,(H,15,16,17). The van der Waals surface area contributed by atoms with Gasteiger partial charge >= 0.3 is 5.97 Å². The summed E-state index contributed by atoms with van der Waals surface area (Å²) in [7, 11) is 1.27. The summed E-state index contributed by atoms with van der Waals surface area (Å²) in [5.74, 6) is -0.680. The summed E-state index contributed by atoms with van der Waals surface area (Å²) in [6.45, 7) is 1.67. The highest BCUT2D eigenvalue weighted by Gasteiger charge is 2.08. The van der Waals surface area contributed by atoms with E-state index >= 15 is 0 Å². The number of esters is 1. The van der Waals surface area contributed by atoms with Gasteiger partial charge in [-0.05, 0) is 30.7 Å². The van der Waals surface area contributed by atoms with Crippen molar-refractivity contribution in [2.75, 3.05) is 12.4 Å². The van der Waals surface area contributed by atoms with E-state index < -0.39 is 5.97 Å². The minimum atomic E-state index is -0.555. The van der Waals surface area contributed by atoms with Crippen LogP contribution in [-0.4, -0.2) is 23.0 Å². The molecule has 19 heavy (non-hydrogen) atoms. The minimum absolute atomic E-state index is 0.132. The van der Waals surface area contributed by atoms with Gasteiger partial charge in [0.15, 0.2) is 5.69 Å². The van der Waals surface area contributed by atoms with E-state index in [1.165, 1.54) is 25.4 Å². The molecule has 1 N–H and O–H groups in total. The van der Waals surface area contributed by atoms with Crippen LogP contribution in [0.4, 0.5) is 16.0 Å². The summed E-state index contributed by atoms with van der Waals surface area (Å²) < 4.78 is 17.9. The van der Waals surface area contributed by atoms with Crippen molar-refractivity contribution in [2.45, 2.75) is 6.92 Å². The van der Waals surface area contributed by atoms with Crippen LogP contribution in [0.1, 0.15) is 16.1 Å². The van der Waals surface area contributed by atoms with E-state index in [0.717, 1.165) is 0 Å².